The molecule has 0 aliphatic rings. The number of hydrogen-bond donors (Lipinski definition) is 0. The van der Waals surface area contributed by atoms with Gasteiger partial charge in [0.2, 0.25) is 0 Å². The van der Waals surface area contributed by atoms with E-state index in [4.69, 9.17) is 16.3 Å². The lowest BCUT2D eigenvalue weighted by atomic mass is 10.1. The Kier molecular flexibility index (Phi) is 5.40. The second kappa shape index (κ2) is 7.72. The van der Waals surface area contributed by atoms with Crippen molar-refractivity contribution in [1.82, 2.24) is 9.78 Å². The van der Waals surface area contributed by atoms with Crippen LogP contribution in [0.1, 0.15) is 6.92 Å². The first kappa shape index (κ1) is 17.5. The summed E-state index contributed by atoms with van der Waals surface area (Å²) >= 11 is 7.49. The van der Waals surface area contributed by atoms with E-state index in [2.05, 4.69) is 5.10 Å². The molecular weight excluding hydrogens is 363 g/mol. The zero-order valence-electron chi connectivity index (χ0n) is 13.3. The monoisotopic (exact) mass is 376 g/mol. The Labute approximate surface area is 153 Å². The summed E-state index contributed by atoms with van der Waals surface area (Å²) < 4.78 is 19.7. The summed E-state index contributed by atoms with van der Waals surface area (Å²) in [6, 6.07) is 15.5. The number of halogens is 2. The summed E-state index contributed by atoms with van der Waals surface area (Å²) in [6.07, 6.45) is 0. The van der Waals surface area contributed by atoms with Crippen molar-refractivity contribution in [3.63, 3.8) is 0 Å². The Morgan fingerprint density at radius 2 is 1.88 bits per heavy atom. The Hall–Kier alpha value is -2.31. The molecule has 4 nitrogen and oxygen atoms in total. The number of ether oxygens (including phenoxy) is 1. The van der Waals surface area contributed by atoms with Gasteiger partial charge in [0.05, 0.1) is 11.4 Å². The van der Waals surface area contributed by atoms with Crippen molar-refractivity contribution in [2.75, 3.05) is 5.94 Å². The van der Waals surface area contributed by atoms with Crippen LogP contribution < -0.4 is 0 Å². The van der Waals surface area contributed by atoms with E-state index in [0.717, 1.165) is 21.8 Å². The Balaban J connectivity index is 1.84. The molecule has 0 aliphatic heterocycles. The minimum absolute atomic E-state index is 0.272. The van der Waals surface area contributed by atoms with Crippen LogP contribution in [0.5, 0.6) is 0 Å². The first-order chi connectivity index (χ1) is 12.0. The van der Waals surface area contributed by atoms with Crippen molar-refractivity contribution in [1.29, 1.82) is 0 Å². The number of rotatable bonds is 5. The van der Waals surface area contributed by atoms with Gasteiger partial charge in [-0.1, -0.05) is 35.5 Å². The number of carbonyl (C=O) groups excluding carboxylic acids is 1. The van der Waals surface area contributed by atoms with E-state index in [9.17, 15) is 9.18 Å². The van der Waals surface area contributed by atoms with E-state index in [1.807, 2.05) is 24.3 Å². The molecule has 0 saturated heterocycles. The first-order valence-electron chi connectivity index (χ1n) is 7.41. The number of hydrogen-bond acceptors (Lipinski definition) is 4. The van der Waals surface area contributed by atoms with Gasteiger partial charge in [-0.3, -0.25) is 4.79 Å². The molecule has 0 atom stereocenters. The highest BCUT2D eigenvalue weighted by atomic mass is 35.5. The van der Waals surface area contributed by atoms with Crippen LogP contribution in [0.2, 0.25) is 5.15 Å². The van der Waals surface area contributed by atoms with E-state index in [1.165, 1.54) is 30.8 Å². The largest absolute Gasteiger partial charge is 0.454 e. The number of aromatic nitrogens is 2. The Morgan fingerprint density at radius 1 is 1.20 bits per heavy atom. The molecule has 0 N–H and O–H groups in total. The molecule has 0 unspecified atom stereocenters. The molecule has 1 heterocycles. The second-order valence-electron chi connectivity index (χ2n) is 5.16. The quantitative estimate of drug-likeness (QED) is 0.359. The lowest BCUT2D eigenvalue weighted by molar-refractivity contribution is -0.138. The van der Waals surface area contributed by atoms with Gasteiger partial charge >= 0.3 is 5.97 Å². The highest BCUT2D eigenvalue weighted by Gasteiger charge is 2.11. The van der Waals surface area contributed by atoms with Gasteiger partial charge in [-0.25, -0.2) is 9.07 Å². The maximum atomic E-state index is 13.1. The molecule has 3 aromatic rings. The third kappa shape index (κ3) is 4.41. The summed E-state index contributed by atoms with van der Waals surface area (Å²) in [6.45, 7) is 1.38. The molecule has 7 heteroatoms. The van der Waals surface area contributed by atoms with Crippen LogP contribution in [0.4, 0.5) is 4.39 Å². The van der Waals surface area contributed by atoms with Crippen LogP contribution in [0.3, 0.4) is 0 Å². The van der Waals surface area contributed by atoms with Crippen LogP contribution in [-0.4, -0.2) is 21.7 Å². The highest BCUT2D eigenvalue weighted by molar-refractivity contribution is 7.99. The molecule has 128 valence electrons. The fraction of sp³-hybridized carbons (Fsp3) is 0.111. The summed E-state index contributed by atoms with van der Waals surface area (Å²) in [5.41, 5.74) is 2.44. The van der Waals surface area contributed by atoms with Crippen LogP contribution >= 0.6 is 23.4 Å². The van der Waals surface area contributed by atoms with Gasteiger partial charge < -0.3 is 4.74 Å². The van der Waals surface area contributed by atoms with E-state index in [1.54, 1.807) is 22.9 Å². The lowest BCUT2D eigenvalue weighted by Gasteiger charge is -2.08. The summed E-state index contributed by atoms with van der Waals surface area (Å²) in [4.78, 5) is 11.8. The zero-order valence-corrected chi connectivity index (χ0v) is 14.9. The van der Waals surface area contributed by atoms with Crippen molar-refractivity contribution < 1.29 is 13.9 Å². The standard InChI is InChI=1S/C18H14ClFN2O2S/c1-12(23)24-11-25-16-8-2-13(3-9-16)17-10-18(19)21-22(17)15-6-4-14(20)5-7-15/h2-10H,11H2,1H3. The maximum Gasteiger partial charge on any atom is 0.303 e. The normalized spacial score (nSPS) is 10.7. The maximum absolute atomic E-state index is 13.1. The third-order valence-electron chi connectivity index (χ3n) is 3.39. The van der Waals surface area contributed by atoms with E-state index >= 15 is 0 Å². The highest BCUT2D eigenvalue weighted by Crippen LogP contribution is 2.28. The molecule has 0 aliphatic carbocycles. The molecule has 0 amide bonds. The summed E-state index contributed by atoms with van der Waals surface area (Å²) in [5, 5.41) is 4.63. The second-order valence-corrected chi connectivity index (χ2v) is 6.55. The predicted molar refractivity (Wildman–Crippen MR) is 96.5 cm³/mol. The topological polar surface area (TPSA) is 44.1 Å². The lowest BCUT2D eigenvalue weighted by Crippen LogP contribution is -1.99. The van der Waals surface area contributed by atoms with Gasteiger partial charge in [0.1, 0.15) is 11.8 Å². The van der Waals surface area contributed by atoms with Gasteiger partial charge in [-0.2, -0.15) is 5.10 Å². The van der Waals surface area contributed by atoms with E-state index in [-0.39, 0.29) is 17.7 Å². The molecule has 1 aromatic heterocycles. The van der Waals surface area contributed by atoms with Crippen molar-refractivity contribution >= 4 is 29.3 Å². The first-order valence-corrected chi connectivity index (χ1v) is 8.77. The third-order valence-corrected chi connectivity index (χ3v) is 4.41. The zero-order chi connectivity index (χ0) is 17.8. The average Bonchev–Trinajstić information content (AvgIpc) is 2.98. The molecule has 25 heavy (non-hydrogen) atoms. The van der Waals surface area contributed by atoms with Crippen LogP contribution in [0.25, 0.3) is 16.9 Å². The van der Waals surface area contributed by atoms with E-state index in [0.29, 0.717) is 5.15 Å². The minimum atomic E-state index is -0.308. The molecule has 2 aromatic carbocycles. The number of esters is 1. The molecule has 0 bridgehead atoms. The van der Waals surface area contributed by atoms with E-state index < -0.39 is 0 Å². The average molecular weight is 377 g/mol. The van der Waals surface area contributed by atoms with Crippen molar-refractivity contribution in [2.24, 2.45) is 0 Å². The molecule has 0 fully saturated rings. The molecular formula is C18H14ClFN2O2S. The van der Waals surface area contributed by atoms with Gasteiger partial charge in [0, 0.05) is 23.4 Å². The summed E-state index contributed by atoms with van der Waals surface area (Å²) in [5.74, 6) is -0.340. The smallest absolute Gasteiger partial charge is 0.303 e. The molecule has 0 spiro atoms. The summed E-state index contributed by atoms with van der Waals surface area (Å²) in [7, 11) is 0. The van der Waals surface area contributed by atoms with Crippen molar-refractivity contribution in [2.45, 2.75) is 11.8 Å². The Morgan fingerprint density at radius 3 is 2.52 bits per heavy atom. The van der Waals surface area contributed by atoms with Crippen LogP contribution in [-0.2, 0) is 9.53 Å². The van der Waals surface area contributed by atoms with Gasteiger partial charge in [-0.15, -0.1) is 0 Å². The van der Waals surface area contributed by atoms with Crippen LogP contribution in [0, 0.1) is 5.82 Å². The Bertz CT molecular complexity index is 879. The van der Waals surface area contributed by atoms with Gasteiger partial charge in [-0.05, 0) is 36.4 Å². The van der Waals surface area contributed by atoms with Crippen molar-refractivity contribution in [3.05, 3.63) is 65.6 Å². The van der Waals surface area contributed by atoms with Gasteiger partial charge in [0.15, 0.2) is 5.15 Å². The number of thioether (sulfide) groups is 1. The molecule has 3 rings (SSSR count). The fourth-order valence-electron chi connectivity index (χ4n) is 2.24. The molecule has 0 saturated carbocycles. The van der Waals surface area contributed by atoms with Crippen molar-refractivity contribution in [3.8, 4) is 16.9 Å². The van der Waals surface area contributed by atoms with Crippen LogP contribution in [0.15, 0.2) is 59.5 Å². The number of carbonyl (C=O) groups is 1. The fourth-order valence-corrected chi connectivity index (χ4v) is 3.11. The van der Waals surface area contributed by atoms with Gasteiger partial charge in [0.25, 0.3) is 0 Å². The number of benzene rings is 2. The number of nitrogens with zero attached hydrogens (tertiary/aromatic N) is 2. The SMILES string of the molecule is CC(=O)OCSc1ccc(-c2cc(Cl)nn2-c2ccc(F)cc2)cc1. The molecule has 0 radical (unpaired) electrons. The predicted octanol–water partition coefficient (Wildman–Crippen LogP) is 4.94. The minimum Gasteiger partial charge on any atom is -0.454 e.